The van der Waals surface area contributed by atoms with Crippen molar-refractivity contribution in [3.8, 4) is 0 Å². The summed E-state index contributed by atoms with van der Waals surface area (Å²) in [6, 6.07) is 14.7. The summed E-state index contributed by atoms with van der Waals surface area (Å²) in [5, 5.41) is 2.66. The molecule has 0 saturated heterocycles. The Kier molecular flexibility index (Phi) is 13.4. The molecular formula is C18H20F2Zr-2. The van der Waals surface area contributed by atoms with Crippen molar-refractivity contribution >= 4 is 14.0 Å². The van der Waals surface area contributed by atoms with E-state index < -0.39 is 0 Å². The Bertz CT molecular complexity index is 543. The monoisotopic (exact) mass is 364 g/mol. The molecule has 0 unspecified atom stereocenters. The molecule has 0 N–H and O–H groups in total. The zero-order valence-corrected chi connectivity index (χ0v) is 15.1. The molecule has 0 radical (unpaired) electrons. The average Bonchev–Trinajstić information content (AvgIpc) is 2.99. The second kappa shape index (κ2) is 12.6. The Morgan fingerprint density at radius 1 is 1.14 bits per heavy atom. The molecule has 3 heteroatoms. The molecule has 0 bridgehead atoms. The molecule has 112 valence electrons. The van der Waals surface area contributed by atoms with Crippen LogP contribution in [0.3, 0.4) is 0 Å². The summed E-state index contributed by atoms with van der Waals surface area (Å²) < 4.78 is 1.51. The van der Waals surface area contributed by atoms with Crippen LogP contribution in [-0.2, 0) is 24.2 Å². The van der Waals surface area contributed by atoms with Gasteiger partial charge in [0.25, 0.3) is 0 Å². The van der Waals surface area contributed by atoms with E-state index in [1.54, 1.807) is 24.2 Å². The van der Waals surface area contributed by atoms with Gasteiger partial charge in [0.05, 0.1) is 0 Å². The zero-order chi connectivity index (χ0) is 14.1. The van der Waals surface area contributed by atoms with Crippen LogP contribution in [0.1, 0.15) is 27.2 Å². The van der Waals surface area contributed by atoms with Crippen LogP contribution in [0.25, 0.3) is 10.8 Å². The van der Waals surface area contributed by atoms with Crippen molar-refractivity contribution < 1.29 is 33.6 Å². The molecule has 0 aliphatic heterocycles. The van der Waals surface area contributed by atoms with Gasteiger partial charge in [-0.05, 0) is 0 Å². The first-order valence-corrected chi connectivity index (χ1v) is 7.68. The maximum absolute atomic E-state index is 3.12. The fraction of sp³-hybridized carbons (Fsp3) is 0.222. The molecule has 0 aromatic heterocycles. The van der Waals surface area contributed by atoms with E-state index in [-0.39, 0.29) is 9.41 Å². The van der Waals surface area contributed by atoms with Gasteiger partial charge in [-0.1, -0.05) is 13.0 Å². The largest absolute Gasteiger partial charge is 1.00 e. The molecular weight excluding hydrogens is 345 g/mol. The summed E-state index contributed by atoms with van der Waals surface area (Å²) in [6.07, 6.45) is 8.33. The molecule has 0 fully saturated rings. The number of hydrogen-bond donors (Lipinski definition) is 0. The van der Waals surface area contributed by atoms with Crippen LogP contribution in [-0.4, -0.2) is 3.21 Å². The fourth-order valence-electron chi connectivity index (χ4n) is 1.58. The summed E-state index contributed by atoms with van der Waals surface area (Å²) in [4.78, 5) is 0. The maximum Gasteiger partial charge on any atom is -0.0809 e. The topological polar surface area (TPSA) is 0 Å². The van der Waals surface area contributed by atoms with E-state index in [0.29, 0.717) is 0 Å². The van der Waals surface area contributed by atoms with E-state index in [1.165, 1.54) is 19.6 Å². The van der Waals surface area contributed by atoms with Gasteiger partial charge in [0.1, 0.15) is 0 Å². The fourth-order valence-corrected chi connectivity index (χ4v) is 1.58. The predicted octanol–water partition coefficient (Wildman–Crippen LogP) is -0.992. The third-order valence-electron chi connectivity index (χ3n) is 2.41. The maximum atomic E-state index is 3.12. The first-order valence-electron chi connectivity index (χ1n) is 6.46. The van der Waals surface area contributed by atoms with E-state index in [4.69, 9.17) is 0 Å². The second-order valence-electron chi connectivity index (χ2n) is 4.62. The van der Waals surface area contributed by atoms with Crippen molar-refractivity contribution in [1.82, 2.24) is 0 Å². The molecule has 2 aromatic carbocycles. The number of halogens is 2. The number of fused-ring (bicyclic) bond motifs is 1. The van der Waals surface area contributed by atoms with Gasteiger partial charge in [0, 0.05) is 0 Å². The smallest absolute Gasteiger partial charge is 0.0809 e. The third kappa shape index (κ3) is 10.3. The molecule has 0 nitrogen and oxygen atoms in total. The van der Waals surface area contributed by atoms with Crippen LogP contribution in [0.4, 0.5) is 0 Å². The van der Waals surface area contributed by atoms with Crippen molar-refractivity contribution in [2.75, 3.05) is 0 Å². The second-order valence-corrected chi connectivity index (χ2v) is 7.08. The molecule has 0 heterocycles. The van der Waals surface area contributed by atoms with Gasteiger partial charge in [0.15, 0.2) is 0 Å². The third-order valence-corrected chi connectivity index (χ3v) is 2.41. The quantitative estimate of drug-likeness (QED) is 0.526. The molecule has 21 heavy (non-hydrogen) atoms. The Morgan fingerprint density at radius 2 is 1.76 bits per heavy atom. The van der Waals surface area contributed by atoms with Gasteiger partial charge in [-0.25, -0.2) is 11.6 Å². The standard InChI is InChI=1S/C9H7.C6H7.C3H6.2FH.Zr/c1-2-5-9-7-3-6-8(9)4-1;1-6-4-2-3-5-6;1-3-2;;;/h1-7H;2,4H,3H2,1H3;1-2H3;2*1H;/q2*-1;;;;+2/p-2. The van der Waals surface area contributed by atoms with Gasteiger partial charge in [-0.15, -0.1) is 36.1 Å². The van der Waals surface area contributed by atoms with Gasteiger partial charge in [-0.3, -0.25) is 6.08 Å². The summed E-state index contributed by atoms with van der Waals surface area (Å²) in [6.45, 7) is 6.31. The normalized spacial score (nSPS) is 11.0. The van der Waals surface area contributed by atoms with E-state index in [0.717, 1.165) is 6.42 Å². The minimum Gasteiger partial charge on any atom is -1.00 e. The summed E-state index contributed by atoms with van der Waals surface area (Å²) in [7, 11) is 0. The Hall–Kier alpha value is -1.08. The van der Waals surface area contributed by atoms with Gasteiger partial charge >= 0.3 is 41.3 Å². The number of allylic oxidation sites excluding steroid dienone is 4. The molecule has 0 saturated carbocycles. The summed E-state index contributed by atoms with van der Waals surface area (Å²) in [5.74, 6) is 0. The first kappa shape index (κ1) is 22.2. The van der Waals surface area contributed by atoms with Gasteiger partial charge in [0.2, 0.25) is 0 Å². The number of benzene rings is 1. The predicted molar refractivity (Wildman–Crippen MR) is 82.1 cm³/mol. The summed E-state index contributed by atoms with van der Waals surface area (Å²) >= 11 is 1.55. The minimum absolute atomic E-state index is 0. The van der Waals surface area contributed by atoms with E-state index in [9.17, 15) is 0 Å². The van der Waals surface area contributed by atoms with E-state index >= 15 is 0 Å². The van der Waals surface area contributed by atoms with Crippen molar-refractivity contribution in [3.05, 3.63) is 66.3 Å². The molecule has 0 amide bonds. The molecule has 0 atom stereocenters. The van der Waals surface area contributed by atoms with Crippen LogP contribution in [0.2, 0.25) is 0 Å². The number of rotatable bonds is 0. The van der Waals surface area contributed by atoms with E-state index in [1.807, 2.05) is 0 Å². The van der Waals surface area contributed by atoms with Gasteiger partial charge < -0.3 is 9.41 Å². The van der Waals surface area contributed by atoms with Crippen molar-refractivity contribution in [2.45, 2.75) is 27.2 Å². The van der Waals surface area contributed by atoms with Gasteiger partial charge in [-0.2, -0.15) is 23.6 Å². The van der Waals surface area contributed by atoms with Crippen LogP contribution >= 0.6 is 0 Å². The van der Waals surface area contributed by atoms with Crippen molar-refractivity contribution in [1.29, 1.82) is 0 Å². The van der Waals surface area contributed by atoms with E-state index in [2.05, 4.69) is 81.5 Å². The van der Waals surface area contributed by atoms with Crippen LogP contribution in [0, 0.1) is 6.08 Å². The average molecular weight is 366 g/mol. The van der Waals surface area contributed by atoms with Crippen LogP contribution in [0.5, 0.6) is 0 Å². The molecule has 1 aliphatic rings. The zero-order valence-electron chi connectivity index (χ0n) is 12.7. The minimum atomic E-state index is 0. The summed E-state index contributed by atoms with van der Waals surface area (Å²) in [5.41, 5.74) is 1.27. The Morgan fingerprint density at radius 3 is 2.19 bits per heavy atom. The van der Waals surface area contributed by atoms with Crippen molar-refractivity contribution in [3.63, 3.8) is 0 Å². The first-order chi connectivity index (χ1) is 9.09. The van der Waals surface area contributed by atoms with Crippen LogP contribution < -0.4 is 9.41 Å². The Balaban J connectivity index is 0. The Labute approximate surface area is 141 Å². The number of hydrogen-bond acceptors (Lipinski definition) is 0. The molecule has 3 rings (SSSR count). The molecule has 0 spiro atoms. The van der Waals surface area contributed by atoms with Crippen molar-refractivity contribution in [2.24, 2.45) is 0 Å². The molecule has 2 aromatic rings. The van der Waals surface area contributed by atoms with Crippen LogP contribution in [0.15, 0.2) is 60.2 Å². The SMILES string of the molecule is CC1=[C-]CC=C1.C[C](C)=[Zr+2].[F-].[F-].c1ccc2[cH-]ccc2c1. The molecule has 1 aliphatic carbocycles.